The average molecular weight is 1800 g/mol. The molecule has 0 saturated carbocycles. The van der Waals surface area contributed by atoms with Crippen LogP contribution in [-0.2, 0) is 24.7 Å². The Morgan fingerprint density at radius 1 is 0.170 bits per heavy atom. The fraction of sp³-hybridized carbons (Fsp3) is 0.0609. The average Bonchev–Trinajstić information content (AvgIpc) is 1.58. The molecule has 4 heterocycles. The third kappa shape index (κ3) is 17.0. The van der Waals surface area contributed by atoms with E-state index in [4.69, 9.17) is 29.9 Å². The first-order valence-electron chi connectivity index (χ1n) is 43.3. The van der Waals surface area contributed by atoms with Crippen LogP contribution in [0.2, 0.25) is 0 Å². The molecule has 658 valence electrons. The number of hydrogen-bond donors (Lipinski definition) is 0. The summed E-state index contributed by atoms with van der Waals surface area (Å²) < 4.78 is 189. The van der Waals surface area contributed by atoms with Crippen LogP contribution in [0.1, 0.15) is 38.9 Å². The van der Waals surface area contributed by atoms with E-state index < -0.39 is 47.0 Å². The van der Waals surface area contributed by atoms with Crippen molar-refractivity contribution < 1.29 is 52.7 Å². The van der Waals surface area contributed by atoms with Crippen LogP contribution >= 0.6 is 0 Å². The number of benzene rings is 17. The summed E-state index contributed by atoms with van der Waals surface area (Å²) in [5.74, 6) is 1.19. The first-order valence-corrected chi connectivity index (χ1v) is 43.3. The minimum atomic E-state index is -4.87. The Hall–Kier alpha value is -16.5. The molecule has 0 bridgehead atoms. The van der Waals surface area contributed by atoms with Gasteiger partial charge in [0.2, 0.25) is 0 Å². The van der Waals surface area contributed by atoms with Crippen LogP contribution in [0.25, 0.3) is 201 Å². The first-order chi connectivity index (χ1) is 65.2. The molecule has 8 nitrogen and oxygen atoms in total. The van der Waals surface area contributed by atoms with Gasteiger partial charge in [0.1, 0.15) is 0 Å². The van der Waals surface area contributed by atoms with E-state index in [1.165, 1.54) is 72.8 Å². The van der Waals surface area contributed by atoms with Crippen LogP contribution in [0.15, 0.2) is 394 Å². The number of hydrogen-bond acceptors (Lipinski definition) is 6. The lowest BCUT2D eigenvalue weighted by Crippen LogP contribution is -2.11. The summed E-state index contributed by atoms with van der Waals surface area (Å²) in [6, 6.07) is 113. The molecule has 0 unspecified atom stereocenters. The fourth-order valence-corrected chi connectivity index (χ4v) is 17.8. The van der Waals surface area contributed by atoms with Gasteiger partial charge in [0.25, 0.3) is 0 Å². The molecule has 0 aliphatic heterocycles. The highest BCUT2D eigenvalue weighted by atomic mass is 19.4. The van der Waals surface area contributed by atoms with Crippen molar-refractivity contribution in [3.63, 3.8) is 0 Å². The van der Waals surface area contributed by atoms with Crippen molar-refractivity contribution in [2.75, 3.05) is 0 Å². The van der Waals surface area contributed by atoms with Crippen LogP contribution < -0.4 is 0 Å². The molecule has 0 amide bonds. The minimum absolute atomic E-state index is 0.00867. The number of aryl methyl sites for hydroxylation is 3. The summed E-state index contributed by atoms with van der Waals surface area (Å²) in [5.41, 5.74) is 9.43. The number of aromatic nitrogens is 8. The summed E-state index contributed by atoms with van der Waals surface area (Å²) in [4.78, 5) is 29.2. The van der Waals surface area contributed by atoms with Gasteiger partial charge in [-0.05, 0) is 167 Å². The van der Waals surface area contributed by atoms with Crippen LogP contribution in [0.5, 0.6) is 0 Å². The van der Waals surface area contributed by atoms with E-state index in [0.29, 0.717) is 44.3 Å². The Morgan fingerprint density at radius 3 is 0.637 bits per heavy atom. The topological polar surface area (TPSA) is 87.2 Å². The molecule has 17 aromatic carbocycles. The Bertz CT molecular complexity index is 7720. The number of nitrogens with zero attached hydrogens (tertiary/aromatic N) is 8. The highest BCUT2D eigenvalue weighted by molar-refractivity contribution is 6.15. The van der Waals surface area contributed by atoms with Gasteiger partial charge in [-0.1, -0.05) is 320 Å². The molecular weight excluding hydrogens is 1720 g/mol. The van der Waals surface area contributed by atoms with E-state index in [2.05, 4.69) is 0 Å². The third-order valence-corrected chi connectivity index (χ3v) is 24.3. The molecule has 0 atom stereocenters. The molecule has 0 radical (unpaired) electrons. The summed E-state index contributed by atoms with van der Waals surface area (Å²) >= 11 is 0. The van der Waals surface area contributed by atoms with E-state index in [9.17, 15) is 0 Å². The molecule has 135 heavy (non-hydrogen) atoms. The predicted octanol–water partition coefficient (Wildman–Crippen LogP) is 32.6. The number of alkyl halides is 12. The van der Waals surface area contributed by atoms with Crippen molar-refractivity contribution in [3.05, 3.63) is 433 Å². The van der Waals surface area contributed by atoms with Gasteiger partial charge in [0.15, 0.2) is 34.9 Å². The van der Waals surface area contributed by atoms with E-state index in [1.807, 2.05) is 292 Å². The Kier molecular flexibility index (Phi) is 22.4. The lowest BCUT2D eigenvalue weighted by molar-refractivity contribution is -0.137. The smallest absolute Gasteiger partial charge is 0.308 e. The van der Waals surface area contributed by atoms with E-state index in [0.717, 1.165) is 95.9 Å². The van der Waals surface area contributed by atoms with Gasteiger partial charge in [0, 0.05) is 77.2 Å². The maximum atomic E-state index is 15.5. The number of para-hydroxylation sites is 1. The lowest BCUT2D eigenvalue weighted by Gasteiger charge is -2.24. The van der Waals surface area contributed by atoms with Crippen molar-refractivity contribution in [2.45, 2.75) is 45.5 Å². The summed E-state index contributed by atoms with van der Waals surface area (Å²) in [7, 11) is 0. The van der Waals surface area contributed by atoms with Gasteiger partial charge in [-0.2, -0.15) is 52.7 Å². The van der Waals surface area contributed by atoms with E-state index >= 15 is 52.7 Å². The molecule has 0 aliphatic carbocycles. The van der Waals surface area contributed by atoms with Crippen LogP contribution in [0, 0.1) is 20.8 Å². The van der Waals surface area contributed by atoms with Gasteiger partial charge in [0.05, 0.1) is 55.7 Å². The van der Waals surface area contributed by atoms with Crippen molar-refractivity contribution in [1.29, 1.82) is 0 Å². The zero-order valence-electron chi connectivity index (χ0n) is 72.1. The lowest BCUT2D eigenvalue weighted by atomic mass is 9.88. The standard InChI is InChI=1S/C61H40F6N4.C54H34F6N4/c1-37-21-25-39(26-22-37)43-29-31-54-48(33-43)49-34-44(40-27-23-38(2)24-28-40)30-32-55(49)71(54)56-50(46-17-9-11-19-52(46)60(62,63)64)35-45(36-51(56)47-18-10-12-20-53(47)61(65,66)67)59-69-57(41-13-5-3-6-14-41)68-58(70-59)42-15-7-4-8-16-42;1-33-24-26-34(27-25-33)37-28-29-48-42(30-37)41-20-10-13-23-47(41)64(48)49-43(39-18-8-11-21-45(39)53(55,56)57)31-38(32-44(49)40-19-9-12-22-46(40)54(58,59)60)52-62-50(35-14-4-2-5-15-35)61-51(63-52)36-16-6-3-7-17-36/h3-36H,1-2H3;2-32H,1H3. The van der Waals surface area contributed by atoms with Crippen LogP contribution in [0.4, 0.5) is 52.7 Å². The van der Waals surface area contributed by atoms with Gasteiger partial charge in [-0.25, -0.2) is 29.9 Å². The van der Waals surface area contributed by atoms with Crippen molar-refractivity contribution >= 4 is 43.6 Å². The Balaban J connectivity index is 0.000000168. The van der Waals surface area contributed by atoms with Crippen LogP contribution in [0.3, 0.4) is 0 Å². The zero-order valence-corrected chi connectivity index (χ0v) is 72.1. The summed E-state index contributed by atoms with van der Waals surface area (Å²) in [6.07, 6.45) is -19.4. The van der Waals surface area contributed by atoms with Gasteiger partial charge >= 0.3 is 24.7 Å². The Morgan fingerprint density at radius 2 is 0.378 bits per heavy atom. The van der Waals surface area contributed by atoms with Crippen molar-refractivity contribution in [1.82, 2.24) is 39.0 Å². The molecule has 0 spiro atoms. The number of halogens is 12. The summed E-state index contributed by atoms with van der Waals surface area (Å²) in [5, 5.41) is 3.02. The van der Waals surface area contributed by atoms with Crippen LogP contribution in [-0.4, -0.2) is 39.0 Å². The summed E-state index contributed by atoms with van der Waals surface area (Å²) in [6.45, 7) is 6.01. The first kappa shape index (κ1) is 86.6. The SMILES string of the molecule is Cc1ccc(-c2ccc3c(c2)c2cc(-c4ccc(C)cc4)ccc2n3-c2c(-c3ccccc3C(F)(F)F)cc(-c3nc(-c4ccccc4)nc(-c4ccccc4)n3)cc2-c2ccccc2C(F)(F)F)cc1.Cc1ccc(-c2ccc3c(c2)c2ccccc2n3-c2c(-c3ccccc3C(F)(F)F)cc(-c3nc(-c4ccccc4)nc(-c4ccccc4)n3)cc2-c2ccccc2C(F)(F)F)cc1. The fourth-order valence-electron chi connectivity index (χ4n) is 17.8. The molecular formula is C115H74F12N8. The largest absolute Gasteiger partial charge is 0.417 e. The van der Waals surface area contributed by atoms with Crippen molar-refractivity contribution in [2.24, 2.45) is 0 Å². The Labute approximate surface area is 767 Å². The molecule has 0 aliphatic rings. The van der Waals surface area contributed by atoms with Gasteiger partial charge < -0.3 is 9.13 Å². The number of rotatable bonds is 15. The maximum absolute atomic E-state index is 15.5. The highest BCUT2D eigenvalue weighted by Gasteiger charge is 2.41. The third-order valence-electron chi connectivity index (χ3n) is 24.3. The van der Waals surface area contributed by atoms with Gasteiger partial charge in [-0.15, -0.1) is 0 Å². The van der Waals surface area contributed by atoms with Gasteiger partial charge in [-0.3, -0.25) is 0 Å². The second kappa shape index (κ2) is 35.0. The molecule has 0 saturated heterocycles. The predicted molar refractivity (Wildman–Crippen MR) is 513 cm³/mol. The minimum Gasteiger partial charge on any atom is -0.308 e. The molecule has 20 heteroatoms. The molecule has 21 rings (SSSR count). The molecule has 21 aromatic rings. The highest BCUT2D eigenvalue weighted by Crippen LogP contribution is 2.53. The normalized spacial score (nSPS) is 12.0. The van der Waals surface area contributed by atoms with E-state index in [-0.39, 0.29) is 102 Å². The molecule has 0 fully saturated rings. The second-order valence-electron chi connectivity index (χ2n) is 33.1. The van der Waals surface area contributed by atoms with Crippen molar-refractivity contribution in [3.8, 4) is 158 Å². The zero-order chi connectivity index (χ0) is 93.2. The monoisotopic (exact) mass is 1790 g/mol. The molecule has 4 aromatic heterocycles. The maximum Gasteiger partial charge on any atom is 0.417 e. The quantitative estimate of drug-likeness (QED) is 0.0951. The second-order valence-corrected chi connectivity index (χ2v) is 33.1. The van der Waals surface area contributed by atoms with E-state index in [1.54, 1.807) is 34.9 Å². The molecule has 0 N–H and O–H groups in total. The number of fused-ring (bicyclic) bond motifs is 6.